The zero-order valence-electron chi connectivity index (χ0n) is 16.2. The Balaban J connectivity index is 1.73. The van der Waals surface area contributed by atoms with Gasteiger partial charge in [-0.3, -0.25) is 4.79 Å². The second kappa shape index (κ2) is 10.7. The fourth-order valence-electron chi connectivity index (χ4n) is 2.49. The molecule has 1 N–H and O–H groups in total. The maximum atomic E-state index is 12.1. The second-order valence-corrected chi connectivity index (χ2v) is 8.48. The summed E-state index contributed by atoms with van der Waals surface area (Å²) in [6, 6.07) is 8.47. The standard InChI is InChI=1S/C20H29N3OS2/c1-5-6-12-23-17(4)16(3)22-20(23)26-14-19(24)21-11-13-25-18-9-7-15(2)8-10-18/h7-10H,5-6,11-14H2,1-4H3,(H,21,24). The average molecular weight is 392 g/mol. The summed E-state index contributed by atoms with van der Waals surface area (Å²) in [6.07, 6.45) is 2.28. The number of aryl methyl sites for hydroxylation is 2. The van der Waals surface area contributed by atoms with Crippen LogP contribution in [0, 0.1) is 20.8 Å². The Labute approximate surface area is 165 Å². The van der Waals surface area contributed by atoms with Crippen molar-refractivity contribution in [1.29, 1.82) is 0 Å². The van der Waals surface area contributed by atoms with Crippen molar-refractivity contribution in [2.75, 3.05) is 18.1 Å². The molecular formula is C20H29N3OS2. The minimum atomic E-state index is 0.0693. The van der Waals surface area contributed by atoms with Crippen LogP contribution in [0.5, 0.6) is 0 Å². The first kappa shape index (κ1) is 20.9. The van der Waals surface area contributed by atoms with Crippen molar-refractivity contribution < 1.29 is 4.79 Å². The molecule has 0 aliphatic rings. The van der Waals surface area contributed by atoms with Gasteiger partial charge in [-0.25, -0.2) is 4.98 Å². The number of nitrogens with one attached hydrogen (secondary N) is 1. The number of carbonyl (C=O) groups excluding carboxylic acids is 1. The molecule has 1 amide bonds. The van der Waals surface area contributed by atoms with Crippen LogP contribution in [-0.2, 0) is 11.3 Å². The number of carbonyl (C=O) groups is 1. The normalized spacial score (nSPS) is 10.9. The van der Waals surface area contributed by atoms with E-state index in [0.29, 0.717) is 12.3 Å². The van der Waals surface area contributed by atoms with E-state index in [4.69, 9.17) is 0 Å². The molecule has 0 aliphatic heterocycles. The van der Waals surface area contributed by atoms with Crippen LogP contribution in [0.4, 0.5) is 0 Å². The zero-order chi connectivity index (χ0) is 18.9. The topological polar surface area (TPSA) is 46.9 Å². The predicted molar refractivity (Wildman–Crippen MR) is 112 cm³/mol. The first-order chi connectivity index (χ1) is 12.5. The van der Waals surface area contributed by atoms with E-state index < -0.39 is 0 Å². The summed E-state index contributed by atoms with van der Waals surface area (Å²) in [5.41, 5.74) is 3.52. The molecule has 142 valence electrons. The lowest BCUT2D eigenvalue weighted by Gasteiger charge is -2.09. The molecule has 1 heterocycles. The number of thioether (sulfide) groups is 2. The van der Waals surface area contributed by atoms with Gasteiger partial charge in [-0.05, 0) is 39.3 Å². The maximum absolute atomic E-state index is 12.1. The lowest BCUT2D eigenvalue weighted by molar-refractivity contribution is -0.118. The number of hydrogen-bond acceptors (Lipinski definition) is 4. The largest absolute Gasteiger partial charge is 0.355 e. The number of rotatable bonds is 10. The van der Waals surface area contributed by atoms with Crippen molar-refractivity contribution in [3.63, 3.8) is 0 Å². The van der Waals surface area contributed by atoms with E-state index in [1.807, 2.05) is 6.92 Å². The minimum absolute atomic E-state index is 0.0693. The van der Waals surface area contributed by atoms with Crippen molar-refractivity contribution in [2.24, 2.45) is 0 Å². The maximum Gasteiger partial charge on any atom is 0.230 e. The van der Waals surface area contributed by atoms with Crippen LogP contribution < -0.4 is 5.32 Å². The number of benzene rings is 1. The van der Waals surface area contributed by atoms with E-state index in [-0.39, 0.29) is 5.91 Å². The molecular weight excluding hydrogens is 362 g/mol. The molecule has 0 spiro atoms. The van der Waals surface area contributed by atoms with Gasteiger partial charge in [-0.2, -0.15) is 0 Å². The van der Waals surface area contributed by atoms with Gasteiger partial charge in [0.05, 0.1) is 11.4 Å². The van der Waals surface area contributed by atoms with Crippen LogP contribution in [-0.4, -0.2) is 33.5 Å². The van der Waals surface area contributed by atoms with Crippen LogP contribution in [0.25, 0.3) is 0 Å². The molecule has 0 aliphatic carbocycles. The smallest absolute Gasteiger partial charge is 0.230 e. The van der Waals surface area contributed by atoms with E-state index in [1.54, 1.807) is 11.8 Å². The molecule has 0 radical (unpaired) electrons. The first-order valence-corrected chi connectivity index (χ1v) is 11.1. The Morgan fingerprint density at radius 1 is 1.15 bits per heavy atom. The summed E-state index contributed by atoms with van der Waals surface area (Å²) >= 11 is 3.29. The molecule has 0 saturated carbocycles. The molecule has 0 atom stereocenters. The number of unbranched alkanes of at least 4 members (excludes halogenated alkanes) is 1. The van der Waals surface area contributed by atoms with Gasteiger partial charge in [-0.15, -0.1) is 11.8 Å². The molecule has 0 unspecified atom stereocenters. The quantitative estimate of drug-likeness (QED) is 0.475. The third-order valence-corrected chi connectivity index (χ3v) is 6.19. The predicted octanol–water partition coefficient (Wildman–Crippen LogP) is 4.61. The number of amides is 1. The molecule has 2 rings (SSSR count). The fourth-order valence-corrected chi connectivity index (χ4v) is 4.20. The SMILES string of the molecule is CCCCn1c(SCC(=O)NCCSc2ccc(C)cc2)nc(C)c1C. The molecule has 0 bridgehead atoms. The Morgan fingerprint density at radius 3 is 2.58 bits per heavy atom. The van der Waals surface area contributed by atoms with Gasteiger partial charge < -0.3 is 9.88 Å². The average Bonchev–Trinajstić information content (AvgIpc) is 2.90. The molecule has 0 fully saturated rings. The van der Waals surface area contributed by atoms with Crippen molar-refractivity contribution >= 4 is 29.4 Å². The second-order valence-electron chi connectivity index (χ2n) is 6.37. The highest BCUT2D eigenvalue weighted by Crippen LogP contribution is 2.22. The van der Waals surface area contributed by atoms with Gasteiger partial charge in [0.15, 0.2) is 5.16 Å². The Morgan fingerprint density at radius 2 is 1.88 bits per heavy atom. The van der Waals surface area contributed by atoms with Gasteiger partial charge in [0, 0.05) is 29.4 Å². The van der Waals surface area contributed by atoms with Crippen LogP contribution in [0.2, 0.25) is 0 Å². The fraction of sp³-hybridized carbons (Fsp3) is 0.500. The van der Waals surface area contributed by atoms with Crippen LogP contribution in [0.3, 0.4) is 0 Å². The van der Waals surface area contributed by atoms with Gasteiger partial charge in [0.25, 0.3) is 0 Å². The summed E-state index contributed by atoms with van der Waals surface area (Å²) in [6.45, 7) is 10.1. The molecule has 6 heteroatoms. The Bertz CT molecular complexity index is 711. The van der Waals surface area contributed by atoms with Crippen molar-refractivity contribution in [1.82, 2.24) is 14.9 Å². The van der Waals surface area contributed by atoms with Gasteiger partial charge in [-0.1, -0.05) is 42.8 Å². The molecule has 0 saturated heterocycles. The van der Waals surface area contributed by atoms with Gasteiger partial charge in [0.2, 0.25) is 5.91 Å². The lowest BCUT2D eigenvalue weighted by atomic mass is 10.2. The van der Waals surface area contributed by atoms with Crippen molar-refractivity contribution in [3.8, 4) is 0 Å². The van der Waals surface area contributed by atoms with E-state index in [1.165, 1.54) is 27.9 Å². The van der Waals surface area contributed by atoms with E-state index >= 15 is 0 Å². The van der Waals surface area contributed by atoms with E-state index in [9.17, 15) is 4.79 Å². The third kappa shape index (κ3) is 6.40. The lowest BCUT2D eigenvalue weighted by Crippen LogP contribution is -2.27. The molecule has 26 heavy (non-hydrogen) atoms. The van der Waals surface area contributed by atoms with Crippen molar-refractivity contribution in [3.05, 3.63) is 41.2 Å². The highest BCUT2D eigenvalue weighted by atomic mass is 32.2. The summed E-state index contributed by atoms with van der Waals surface area (Å²) in [5.74, 6) is 1.36. The summed E-state index contributed by atoms with van der Waals surface area (Å²) in [5, 5.41) is 3.96. The third-order valence-electron chi connectivity index (χ3n) is 4.20. The highest BCUT2D eigenvalue weighted by Gasteiger charge is 2.12. The summed E-state index contributed by atoms with van der Waals surface area (Å²) in [4.78, 5) is 18.0. The zero-order valence-corrected chi connectivity index (χ0v) is 17.8. The molecule has 1 aromatic heterocycles. The van der Waals surface area contributed by atoms with E-state index in [0.717, 1.165) is 36.0 Å². The monoisotopic (exact) mass is 391 g/mol. The van der Waals surface area contributed by atoms with Gasteiger partial charge in [0.1, 0.15) is 0 Å². The molecule has 2 aromatic rings. The Hall–Kier alpha value is -1.40. The molecule has 1 aromatic carbocycles. The van der Waals surface area contributed by atoms with Crippen LogP contribution in [0.15, 0.2) is 34.3 Å². The Kier molecular flexibility index (Phi) is 8.59. The van der Waals surface area contributed by atoms with E-state index in [2.05, 4.69) is 59.9 Å². The molecule has 4 nitrogen and oxygen atoms in total. The number of nitrogens with zero attached hydrogens (tertiary/aromatic N) is 2. The number of imidazole rings is 1. The summed E-state index contributed by atoms with van der Waals surface area (Å²) < 4.78 is 2.24. The number of aromatic nitrogens is 2. The first-order valence-electron chi connectivity index (χ1n) is 9.14. The highest BCUT2D eigenvalue weighted by molar-refractivity contribution is 7.99. The van der Waals surface area contributed by atoms with Crippen molar-refractivity contribution in [2.45, 2.75) is 57.1 Å². The van der Waals surface area contributed by atoms with Gasteiger partial charge >= 0.3 is 0 Å². The van der Waals surface area contributed by atoms with Crippen LogP contribution >= 0.6 is 23.5 Å². The summed E-state index contributed by atoms with van der Waals surface area (Å²) in [7, 11) is 0. The van der Waals surface area contributed by atoms with Crippen LogP contribution in [0.1, 0.15) is 36.7 Å². The number of hydrogen-bond donors (Lipinski definition) is 1. The minimum Gasteiger partial charge on any atom is -0.355 e.